The lowest BCUT2D eigenvalue weighted by molar-refractivity contribution is 0.0657. The number of nitrogens with two attached hydrogens (primary N) is 1. The summed E-state index contributed by atoms with van der Waals surface area (Å²) in [6, 6.07) is 6.71. The summed E-state index contributed by atoms with van der Waals surface area (Å²) in [6.07, 6.45) is 3.23. The maximum atomic E-state index is 12.3. The SMILES string of the molecule is CN(C)C1(CNS(=O)(=O)c2ccc(CN)cc2)CCC1. The van der Waals surface area contributed by atoms with Gasteiger partial charge in [-0.25, -0.2) is 13.1 Å². The molecular weight excluding hydrogens is 274 g/mol. The number of nitrogens with zero attached hydrogens (tertiary/aromatic N) is 1. The van der Waals surface area contributed by atoms with E-state index in [0.29, 0.717) is 18.0 Å². The van der Waals surface area contributed by atoms with E-state index in [1.165, 1.54) is 0 Å². The summed E-state index contributed by atoms with van der Waals surface area (Å²) < 4.78 is 27.3. The molecule has 0 aromatic heterocycles. The van der Waals surface area contributed by atoms with Crippen LogP contribution in [-0.4, -0.2) is 39.5 Å². The normalized spacial score (nSPS) is 18.0. The van der Waals surface area contributed by atoms with Gasteiger partial charge >= 0.3 is 0 Å². The van der Waals surface area contributed by atoms with Crippen molar-refractivity contribution < 1.29 is 8.42 Å². The Bertz CT molecular complexity index is 548. The average Bonchev–Trinajstić information content (AvgIpc) is 2.37. The molecule has 1 fully saturated rings. The first-order valence-corrected chi connectivity index (χ1v) is 8.34. The topological polar surface area (TPSA) is 75.4 Å². The largest absolute Gasteiger partial charge is 0.326 e. The van der Waals surface area contributed by atoms with Gasteiger partial charge in [-0.3, -0.25) is 0 Å². The van der Waals surface area contributed by atoms with Gasteiger partial charge < -0.3 is 10.6 Å². The number of sulfonamides is 1. The van der Waals surface area contributed by atoms with E-state index >= 15 is 0 Å². The van der Waals surface area contributed by atoms with Crippen LogP contribution in [0.1, 0.15) is 24.8 Å². The molecule has 0 amide bonds. The zero-order chi connectivity index (χ0) is 14.8. The van der Waals surface area contributed by atoms with E-state index in [4.69, 9.17) is 5.73 Å². The Kier molecular flexibility index (Phi) is 4.49. The molecule has 20 heavy (non-hydrogen) atoms. The van der Waals surface area contributed by atoms with Crippen molar-refractivity contribution >= 4 is 10.0 Å². The fourth-order valence-electron chi connectivity index (χ4n) is 2.48. The molecule has 0 unspecified atom stereocenters. The van der Waals surface area contributed by atoms with E-state index in [9.17, 15) is 8.42 Å². The van der Waals surface area contributed by atoms with Gasteiger partial charge in [0.1, 0.15) is 0 Å². The van der Waals surface area contributed by atoms with Crippen LogP contribution in [0.2, 0.25) is 0 Å². The number of benzene rings is 1. The predicted octanol–water partition coefficient (Wildman–Crippen LogP) is 0.908. The molecular formula is C14H23N3O2S. The molecule has 0 heterocycles. The first-order valence-electron chi connectivity index (χ1n) is 6.86. The Hall–Kier alpha value is -0.950. The third-order valence-electron chi connectivity index (χ3n) is 4.29. The Balaban J connectivity index is 2.07. The maximum Gasteiger partial charge on any atom is 0.240 e. The van der Waals surface area contributed by atoms with Crippen LogP contribution in [0, 0.1) is 0 Å². The minimum Gasteiger partial charge on any atom is -0.326 e. The van der Waals surface area contributed by atoms with E-state index in [1.807, 2.05) is 14.1 Å². The van der Waals surface area contributed by atoms with E-state index < -0.39 is 10.0 Å². The highest BCUT2D eigenvalue weighted by Gasteiger charge is 2.39. The molecule has 1 aromatic rings. The monoisotopic (exact) mass is 297 g/mol. The molecule has 1 aliphatic rings. The van der Waals surface area contributed by atoms with Crippen LogP contribution in [0.5, 0.6) is 0 Å². The second-order valence-electron chi connectivity index (χ2n) is 5.64. The molecule has 1 saturated carbocycles. The van der Waals surface area contributed by atoms with Crippen LogP contribution in [0.15, 0.2) is 29.2 Å². The van der Waals surface area contributed by atoms with Crippen molar-refractivity contribution in [2.24, 2.45) is 5.73 Å². The fraction of sp³-hybridized carbons (Fsp3) is 0.571. The number of hydrogen-bond donors (Lipinski definition) is 2. The van der Waals surface area contributed by atoms with Crippen molar-refractivity contribution in [1.82, 2.24) is 9.62 Å². The molecule has 0 bridgehead atoms. The van der Waals surface area contributed by atoms with Crippen LogP contribution in [0.4, 0.5) is 0 Å². The first kappa shape index (κ1) is 15.4. The Morgan fingerprint density at radius 1 is 1.25 bits per heavy atom. The predicted molar refractivity (Wildman–Crippen MR) is 79.8 cm³/mol. The summed E-state index contributed by atoms with van der Waals surface area (Å²) in [5.74, 6) is 0. The van der Waals surface area contributed by atoms with Crippen LogP contribution in [-0.2, 0) is 16.6 Å². The lowest BCUT2D eigenvalue weighted by Crippen LogP contribution is -2.57. The molecule has 0 atom stereocenters. The molecule has 0 aliphatic heterocycles. The van der Waals surface area contributed by atoms with Crippen molar-refractivity contribution in [3.8, 4) is 0 Å². The quantitative estimate of drug-likeness (QED) is 0.818. The third-order valence-corrected chi connectivity index (χ3v) is 5.71. The van der Waals surface area contributed by atoms with Gasteiger partial charge in [0.05, 0.1) is 4.90 Å². The van der Waals surface area contributed by atoms with E-state index in [-0.39, 0.29) is 5.54 Å². The van der Waals surface area contributed by atoms with Crippen LogP contribution >= 0.6 is 0 Å². The molecule has 5 nitrogen and oxygen atoms in total. The van der Waals surface area contributed by atoms with Gasteiger partial charge in [-0.15, -0.1) is 0 Å². The first-order chi connectivity index (χ1) is 9.39. The summed E-state index contributed by atoms with van der Waals surface area (Å²) >= 11 is 0. The zero-order valence-electron chi connectivity index (χ0n) is 12.1. The standard InChI is InChI=1S/C14H23N3O2S/c1-17(2)14(8-3-9-14)11-16-20(18,19)13-6-4-12(10-15)5-7-13/h4-7,16H,3,8-11,15H2,1-2H3. The van der Waals surface area contributed by atoms with Gasteiger partial charge in [0.25, 0.3) is 0 Å². The van der Waals surface area contributed by atoms with Gasteiger partial charge in [0.15, 0.2) is 0 Å². The fourth-order valence-corrected chi connectivity index (χ4v) is 3.60. The number of rotatable bonds is 6. The molecule has 0 radical (unpaired) electrons. The van der Waals surface area contributed by atoms with Crippen molar-refractivity contribution in [3.63, 3.8) is 0 Å². The lowest BCUT2D eigenvalue weighted by Gasteiger charge is -2.47. The summed E-state index contributed by atoms with van der Waals surface area (Å²) in [6.45, 7) is 0.873. The van der Waals surface area contributed by atoms with Crippen LogP contribution in [0.3, 0.4) is 0 Å². The smallest absolute Gasteiger partial charge is 0.240 e. The second-order valence-corrected chi connectivity index (χ2v) is 7.41. The van der Waals surface area contributed by atoms with Gasteiger partial charge in [-0.2, -0.15) is 0 Å². The second kappa shape index (κ2) is 5.81. The van der Waals surface area contributed by atoms with Crippen LogP contribution < -0.4 is 10.5 Å². The Morgan fingerprint density at radius 2 is 1.85 bits per heavy atom. The highest BCUT2D eigenvalue weighted by molar-refractivity contribution is 7.89. The van der Waals surface area contributed by atoms with Crippen molar-refractivity contribution in [1.29, 1.82) is 0 Å². The lowest BCUT2D eigenvalue weighted by atomic mass is 9.76. The van der Waals surface area contributed by atoms with Gasteiger partial charge in [-0.1, -0.05) is 12.1 Å². The van der Waals surface area contributed by atoms with Gasteiger partial charge in [-0.05, 0) is 51.1 Å². The van der Waals surface area contributed by atoms with Gasteiger partial charge in [0, 0.05) is 18.6 Å². The molecule has 1 aliphatic carbocycles. The van der Waals surface area contributed by atoms with E-state index in [0.717, 1.165) is 24.8 Å². The van der Waals surface area contributed by atoms with Crippen molar-refractivity contribution in [2.75, 3.05) is 20.6 Å². The minimum atomic E-state index is -3.45. The Labute approximate surface area is 121 Å². The zero-order valence-corrected chi connectivity index (χ0v) is 12.9. The molecule has 1 aromatic carbocycles. The van der Waals surface area contributed by atoms with Crippen molar-refractivity contribution in [3.05, 3.63) is 29.8 Å². The number of likely N-dealkylation sites (N-methyl/N-ethyl adjacent to an activating group) is 1. The highest BCUT2D eigenvalue weighted by atomic mass is 32.2. The maximum absolute atomic E-state index is 12.3. The summed E-state index contributed by atoms with van der Waals surface area (Å²) in [7, 11) is 0.561. The summed E-state index contributed by atoms with van der Waals surface area (Å²) in [5.41, 5.74) is 6.41. The van der Waals surface area contributed by atoms with Crippen LogP contribution in [0.25, 0.3) is 0 Å². The molecule has 0 spiro atoms. The number of nitrogens with one attached hydrogen (secondary N) is 1. The third kappa shape index (κ3) is 3.03. The minimum absolute atomic E-state index is 0.0235. The summed E-state index contributed by atoms with van der Waals surface area (Å²) in [4.78, 5) is 2.42. The molecule has 112 valence electrons. The molecule has 3 N–H and O–H groups in total. The molecule has 6 heteroatoms. The van der Waals surface area contributed by atoms with E-state index in [1.54, 1.807) is 24.3 Å². The van der Waals surface area contributed by atoms with Gasteiger partial charge in [0.2, 0.25) is 10.0 Å². The Morgan fingerprint density at radius 3 is 2.25 bits per heavy atom. The van der Waals surface area contributed by atoms with Crippen molar-refractivity contribution in [2.45, 2.75) is 36.2 Å². The molecule has 0 saturated heterocycles. The molecule has 2 rings (SSSR count). The van der Waals surface area contributed by atoms with E-state index in [2.05, 4.69) is 9.62 Å². The average molecular weight is 297 g/mol. The summed E-state index contributed by atoms with van der Waals surface area (Å²) in [5, 5.41) is 0. The number of hydrogen-bond acceptors (Lipinski definition) is 4. The highest BCUT2D eigenvalue weighted by Crippen LogP contribution is 2.35.